The molecule has 0 spiro atoms. The van der Waals surface area contributed by atoms with E-state index in [1.165, 1.54) is 42.5 Å². The number of ether oxygens (including phenoxy) is 1. The fourth-order valence-corrected chi connectivity index (χ4v) is 5.17. The van der Waals surface area contributed by atoms with E-state index in [4.69, 9.17) is 0 Å². The third-order valence-electron chi connectivity index (χ3n) is 7.00. The number of alkyl halides is 3. The molecule has 0 N–H and O–H groups in total. The lowest BCUT2D eigenvalue weighted by Crippen LogP contribution is -2.40. The minimum atomic E-state index is -4.77. The van der Waals surface area contributed by atoms with E-state index in [-0.39, 0.29) is 29.4 Å². The molecule has 9 heteroatoms. The fourth-order valence-electron chi connectivity index (χ4n) is 5.17. The summed E-state index contributed by atoms with van der Waals surface area (Å²) < 4.78 is 70.4. The van der Waals surface area contributed by atoms with Gasteiger partial charge in [-0.15, -0.1) is 13.2 Å². The van der Waals surface area contributed by atoms with Gasteiger partial charge in [-0.25, -0.2) is 8.78 Å². The number of amides is 1. The summed E-state index contributed by atoms with van der Waals surface area (Å²) in [6, 6.07) is 15.7. The van der Waals surface area contributed by atoms with Crippen LogP contribution in [0.25, 0.3) is 11.1 Å². The number of nitrogens with zero attached hydrogens (tertiary/aromatic N) is 2. The van der Waals surface area contributed by atoms with Crippen LogP contribution in [0.2, 0.25) is 0 Å². The first-order chi connectivity index (χ1) is 18.2. The standard InChI is InChI=1S/C29H25F5N2O2/c30-23-5-4-6-24(31)26(23)25-17-22(28(37)36-15-2-1-3-16-36)27(35-25)20-9-7-18(8-10-20)19-11-13-21(14-12-19)38-29(32,33)34/h4-14,22,27H,1-3,15-17H2/t22-,27?/m0/s1. The molecule has 0 saturated carbocycles. The van der Waals surface area contributed by atoms with Gasteiger partial charge in [-0.05, 0) is 60.2 Å². The molecule has 0 aromatic heterocycles. The Balaban J connectivity index is 1.43. The smallest absolute Gasteiger partial charge is 0.406 e. The zero-order valence-corrected chi connectivity index (χ0v) is 20.3. The third kappa shape index (κ3) is 5.56. The number of piperidine rings is 1. The van der Waals surface area contributed by atoms with E-state index in [0.29, 0.717) is 24.2 Å². The van der Waals surface area contributed by atoms with Gasteiger partial charge >= 0.3 is 6.36 Å². The Bertz CT molecular complexity index is 1310. The zero-order valence-electron chi connectivity index (χ0n) is 20.3. The first kappa shape index (κ1) is 25.9. The molecule has 0 bridgehead atoms. The van der Waals surface area contributed by atoms with Gasteiger partial charge in [0, 0.05) is 25.2 Å². The number of benzene rings is 3. The largest absolute Gasteiger partial charge is 0.573 e. The molecular formula is C29H25F5N2O2. The summed E-state index contributed by atoms with van der Waals surface area (Å²) >= 11 is 0. The van der Waals surface area contributed by atoms with Crippen LogP contribution in [0.3, 0.4) is 0 Å². The van der Waals surface area contributed by atoms with Crippen molar-refractivity contribution >= 4 is 11.6 Å². The summed E-state index contributed by atoms with van der Waals surface area (Å²) in [7, 11) is 0. The Morgan fingerprint density at radius 2 is 1.42 bits per heavy atom. The van der Waals surface area contributed by atoms with Crippen molar-refractivity contribution in [3.05, 3.63) is 89.5 Å². The molecule has 3 aromatic carbocycles. The highest BCUT2D eigenvalue weighted by Crippen LogP contribution is 2.40. The van der Waals surface area contributed by atoms with Crippen molar-refractivity contribution < 1.29 is 31.5 Å². The van der Waals surface area contributed by atoms with Gasteiger partial charge in [0.25, 0.3) is 0 Å². The average Bonchev–Trinajstić information content (AvgIpc) is 3.33. The first-order valence-electron chi connectivity index (χ1n) is 12.5. The monoisotopic (exact) mass is 528 g/mol. The molecule has 1 amide bonds. The molecule has 5 rings (SSSR count). The van der Waals surface area contributed by atoms with E-state index < -0.39 is 30.0 Å². The second kappa shape index (κ2) is 10.6. The number of halogens is 5. The Kier molecular flexibility index (Phi) is 7.19. The maximum Gasteiger partial charge on any atom is 0.573 e. The molecule has 0 radical (unpaired) electrons. The van der Waals surface area contributed by atoms with Gasteiger partial charge in [-0.1, -0.05) is 42.5 Å². The van der Waals surface area contributed by atoms with Crippen LogP contribution in [0, 0.1) is 17.6 Å². The molecule has 1 unspecified atom stereocenters. The summed E-state index contributed by atoms with van der Waals surface area (Å²) in [6.07, 6.45) is -1.75. The van der Waals surface area contributed by atoms with Gasteiger partial charge in [0.15, 0.2) is 0 Å². The van der Waals surface area contributed by atoms with E-state index in [0.717, 1.165) is 24.8 Å². The van der Waals surface area contributed by atoms with Gasteiger partial charge in [0.1, 0.15) is 17.4 Å². The Morgan fingerprint density at radius 3 is 2.00 bits per heavy atom. The number of carbonyl (C=O) groups excluding carboxylic acids is 1. The minimum Gasteiger partial charge on any atom is -0.406 e. The van der Waals surface area contributed by atoms with Gasteiger partial charge < -0.3 is 9.64 Å². The van der Waals surface area contributed by atoms with Gasteiger partial charge in [-0.2, -0.15) is 0 Å². The molecule has 2 atom stereocenters. The van der Waals surface area contributed by atoms with Crippen LogP contribution in [0.5, 0.6) is 5.75 Å². The maximum absolute atomic E-state index is 14.6. The number of rotatable bonds is 5. The molecule has 0 aliphatic carbocycles. The van der Waals surface area contributed by atoms with Crippen LogP contribution in [-0.2, 0) is 4.79 Å². The van der Waals surface area contributed by atoms with Crippen molar-refractivity contribution in [3.63, 3.8) is 0 Å². The lowest BCUT2D eigenvalue weighted by atomic mass is 9.89. The molecule has 1 fully saturated rings. The van der Waals surface area contributed by atoms with Crippen molar-refractivity contribution in [2.45, 2.75) is 38.1 Å². The van der Waals surface area contributed by atoms with Crippen LogP contribution < -0.4 is 4.74 Å². The van der Waals surface area contributed by atoms with E-state index in [9.17, 15) is 26.7 Å². The Hall–Kier alpha value is -3.75. The number of hydrogen-bond donors (Lipinski definition) is 0. The molecule has 1 saturated heterocycles. The van der Waals surface area contributed by atoms with Gasteiger partial charge in [0.05, 0.1) is 17.5 Å². The summed E-state index contributed by atoms with van der Waals surface area (Å²) in [5.41, 5.74) is 2.16. The molecule has 2 aliphatic rings. The highest BCUT2D eigenvalue weighted by Gasteiger charge is 2.40. The number of carbonyl (C=O) groups is 1. The molecular weight excluding hydrogens is 503 g/mol. The van der Waals surface area contributed by atoms with Crippen molar-refractivity contribution in [2.24, 2.45) is 10.9 Å². The summed E-state index contributed by atoms with van der Waals surface area (Å²) in [5, 5.41) is 0. The summed E-state index contributed by atoms with van der Waals surface area (Å²) in [4.78, 5) is 20.0. The highest BCUT2D eigenvalue weighted by molar-refractivity contribution is 6.05. The third-order valence-corrected chi connectivity index (χ3v) is 7.00. The predicted molar refractivity (Wildman–Crippen MR) is 133 cm³/mol. The second-order valence-electron chi connectivity index (χ2n) is 9.51. The topological polar surface area (TPSA) is 41.9 Å². The maximum atomic E-state index is 14.6. The molecule has 198 valence electrons. The van der Waals surface area contributed by atoms with Crippen LogP contribution in [0.15, 0.2) is 71.7 Å². The first-order valence-corrected chi connectivity index (χ1v) is 12.5. The Labute approximate surface area is 216 Å². The van der Waals surface area contributed by atoms with Crippen molar-refractivity contribution in [1.29, 1.82) is 0 Å². The molecule has 3 aromatic rings. The lowest BCUT2D eigenvalue weighted by Gasteiger charge is -2.31. The van der Waals surface area contributed by atoms with Crippen molar-refractivity contribution in [2.75, 3.05) is 13.1 Å². The molecule has 2 aliphatic heterocycles. The van der Waals surface area contributed by atoms with E-state index >= 15 is 0 Å². The quantitative estimate of drug-likeness (QED) is 0.332. The van der Waals surface area contributed by atoms with Crippen LogP contribution in [0.1, 0.15) is 42.9 Å². The summed E-state index contributed by atoms with van der Waals surface area (Å²) in [5.74, 6) is -2.42. The van der Waals surface area contributed by atoms with Gasteiger partial charge in [0.2, 0.25) is 5.91 Å². The number of hydrogen-bond acceptors (Lipinski definition) is 3. The average molecular weight is 529 g/mol. The number of aliphatic imine (C=N–C) groups is 1. The van der Waals surface area contributed by atoms with Crippen LogP contribution in [0.4, 0.5) is 22.0 Å². The fraction of sp³-hybridized carbons (Fsp3) is 0.310. The van der Waals surface area contributed by atoms with E-state index in [1.54, 1.807) is 24.3 Å². The highest BCUT2D eigenvalue weighted by atomic mass is 19.4. The van der Waals surface area contributed by atoms with Crippen molar-refractivity contribution in [3.8, 4) is 16.9 Å². The molecule has 2 heterocycles. The van der Waals surface area contributed by atoms with E-state index in [2.05, 4.69) is 9.73 Å². The van der Waals surface area contributed by atoms with Crippen LogP contribution >= 0.6 is 0 Å². The Morgan fingerprint density at radius 1 is 0.842 bits per heavy atom. The second-order valence-corrected chi connectivity index (χ2v) is 9.51. The zero-order chi connectivity index (χ0) is 26.9. The normalized spacial score (nSPS) is 19.8. The van der Waals surface area contributed by atoms with Crippen LogP contribution in [-0.4, -0.2) is 36.0 Å². The predicted octanol–water partition coefficient (Wildman–Crippen LogP) is 7.09. The van der Waals surface area contributed by atoms with Gasteiger partial charge in [-0.3, -0.25) is 9.79 Å². The lowest BCUT2D eigenvalue weighted by molar-refractivity contribution is -0.274. The molecule has 38 heavy (non-hydrogen) atoms. The minimum absolute atomic E-state index is 0.0745. The van der Waals surface area contributed by atoms with E-state index in [1.807, 2.05) is 4.90 Å². The summed E-state index contributed by atoms with van der Waals surface area (Å²) in [6.45, 7) is 1.30. The van der Waals surface area contributed by atoms with Crippen molar-refractivity contribution in [1.82, 2.24) is 4.90 Å². The molecule has 4 nitrogen and oxygen atoms in total. The number of likely N-dealkylation sites (tertiary alicyclic amines) is 1. The SMILES string of the molecule is O=C([C@H]1CC(c2c(F)cccc2F)=NC1c1ccc(-c2ccc(OC(F)(F)F)cc2)cc1)N1CCCCC1.